The average Bonchev–Trinajstić information content (AvgIpc) is 3.69. The molecule has 6 atom stereocenters. The molecule has 1 saturated heterocycles. The Morgan fingerprint density at radius 2 is 2.02 bits per heavy atom. The molecule has 2 heterocycles. The number of ether oxygens (including phenoxy) is 3. The molecule has 2 saturated carbocycles. The van der Waals surface area contributed by atoms with Gasteiger partial charge in [0, 0.05) is 38.2 Å². The highest BCUT2D eigenvalue weighted by Gasteiger charge is 2.76. The summed E-state index contributed by atoms with van der Waals surface area (Å²) in [6.45, 7) is 3.10. The molecule has 3 aliphatic carbocycles. The number of esters is 1. The van der Waals surface area contributed by atoms with Crippen molar-refractivity contribution in [3.8, 4) is 11.5 Å². The van der Waals surface area contributed by atoms with E-state index < -0.39 is 36.7 Å². The minimum Gasteiger partial charge on any atom is -0.477 e. The first-order valence-electron chi connectivity index (χ1n) is 14.8. The van der Waals surface area contributed by atoms with Gasteiger partial charge in [0.2, 0.25) is 0 Å². The lowest BCUT2D eigenvalue weighted by Crippen LogP contribution is -2.66. The third-order valence-corrected chi connectivity index (χ3v) is 11.6. The predicted octanol–water partition coefficient (Wildman–Crippen LogP) is 3.33. The molecule has 2 bridgehead atoms. The molecule has 11 heteroatoms. The van der Waals surface area contributed by atoms with Crippen molar-refractivity contribution in [2.45, 2.75) is 74.8 Å². The van der Waals surface area contributed by atoms with Crippen LogP contribution >= 0.6 is 7.52 Å². The molecule has 7 rings (SSSR count). The van der Waals surface area contributed by atoms with Crippen LogP contribution in [0.2, 0.25) is 0 Å². The van der Waals surface area contributed by atoms with E-state index in [0.29, 0.717) is 31.1 Å². The Morgan fingerprint density at radius 1 is 1.24 bits per heavy atom. The van der Waals surface area contributed by atoms with E-state index in [1.165, 1.54) is 20.0 Å². The summed E-state index contributed by atoms with van der Waals surface area (Å²) in [7, 11) is -2.42. The molecular weight excluding hydrogens is 559 g/mol. The molecule has 2 unspecified atom stereocenters. The summed E-state index contributed by atoms with van der Waals surface area (Å²) >= 11 is 0. The largest absolute Gasteiger partial charge is 0.477 e. The molecule has 0 aromatic heterocycles. The van der Waals surface area contributed by atoms with Crippen LogP contribution in [0.15, 0.2) is 42.5 Å². The third kappa shape index (κ3) is 4.34. The maximum absolute atomic E-state index is 14.1. The number of benzene rings is 2. The minimum atomic E-state index is -3.82. The molecule has 2 aromatic rings. The standard InChI is InChI=1S/C31H37N2O8P/c1-19(29(35)39-16-21-6-4-3-5-7-21)32-42(37,18-38-2)41-24-11-10-22-14-25-31(36)13-12-23(34)28-30(31,26(22)27(24)40-28)17-33(25)15-20-8-9-20/h3-7,10-11,19-20,25,28,36H,8-9,12-18H2,1-2H3,(H,32,37)/t19-,25+,28-,30?,31+,42?/m0/s1. The monoisotopic (exact) mass is 596 g/mol. The minimum absolute atomic E-state index is 0.0327. The van der Waals surface area contributed by atoms with Crippen molar-refractivity contribution < 1.29 is 38.0 Å². The zero-order valence-corrected chi connectivity index (χ0v) is 24.8. The third-order valence-electron chi connectivity index (χ3n) is 9.71. The lowest BCUT2D eigenvalue weighted by atomic mass is 9.54. The maximum Gasteiger partial charge on any atom is 0.342 e. The number of ketones is 1. The number of likely N-dealkylation sites (tertiary alicyclic amines) is 1. The second-order valence-corrected chi connectivity index (χ2v) is 14.6. The van der Waals surface area contributed by atoms with Gasteiger partial charge in [-0.15, -0.1) is 0 Å². The summed E-state index contributed by atoms with van der Waals surface area (Å²) in [4.78, 5) is 28.5. The van der Waals surface area contributed by atoms with E-state index in [1.54, 1.807) is 13.0 Å². The Kier molecular flexibility index (Phi) is 6.79. The van der Waals surface area contributed by atoms with Gasteiger partial charge in [-0.1, -0.05) is 36.4 Å². The zero-order valence-electron chi connectivity index (χ0n) is 23.9. The fraction of sp³-hybridized carbons (Fsp3) is 0.548. The molecule has 0 amide bonds. The summed E-state index contributed by atoms with van der Waals surface area (Å²) in [6.07, 6.45) is 2.55. The Labute approximate surface area is 245 Å². The number of aliphatic hydroxyl groups is 1. The van der Waals surface area contributed by atoms with E-state index in [1.807, 2.05) is 36.4 Å². The van der Waals surface area contributed by atoms with E-state index in [4.69, 9.17) is 18.7 Å². The van der Waals surface area contributed by atoms with Gasteiger partial charge in [-0.05, 0) is 55.7 Å². The van der Waals surface area contributed by atoms with Crippen molar-refractivity contribution in [3.05, 3.63) is 59.2 Å². The van der Waals surface area contributed by atoms with Gasteiger partial charge >= 0.3 is 13.5 Å². The van der Waals surface area contributed by atoms with Crippen LogP contribution in [0.5, 0.6) is 11.5 Å². The molecular formula is C31H37N2O8P. The quantitative estimate of drug-likeness (QED) is 0.295. The lowest BCUT2D eigenvalue weighted by Gasteiger charge is -2.50. The van der Waals surface area contributed by atoms with Crippen LogP contribution in [-0.2, 0) is 42.1 Å². The molecule has 2 N–H and O–H groups in total. The zero-order chi connectivity index (χ0) is 29.3. The highest BCUT2D eigenvalue weighted by Crippen LogP contribution is 2.66. The second-order valence-electron chi connectivity index (χ2n) is 12.5. The van der Waals surface area contributed by atoms with E-state index in [-0.39, 0.29) is 37.0 Å². The van der Waals surface area contributed by atoms with Crippen LogP contribution in [0.25, 0.3) is 0 Å². The van der Waals surface area contributed by atoms with Gasteiger partial charge in [0.15, 0.2) is 23.4 Å². The Bertz CT molecular complexity index is 1460. The van der Waals surface area contributed by atoms with Crippen LogP contribution in [0.1, 0.15) is 49.3 Å². The van der Waals surface area contributed by atoms with Crippen molar-refractivity contribution >= 4 is 19.3 Å². The number of nitrogens with zero attached hydrogens (tertiary/aromatic N) is 1. The van der Waals surface area contributed by atoms with Gasteiger partial charge in [-0.3, -0.25) is 19.1 Å². The maximum atomic E-state index is 14.1. The fourth-order valence-electron chi connectivity index (χ4n) is 7.70. The number of carbonyl (C=O) groups excluding carboxylic acids is 2. The predicted molar refractivity (Wildman–Crippen MR) is 152 cm³/mol. The number of hydrogen-bond acceptors (Lipinski definition) is 9. The summed E-state index contributed by atoms with van der Waals surface area (Å²) in [5, 5.41) is 15.1. The summed E-state index contributed by atoms with van der Waals surface area (Å²) in [5.74, 6) is 0.573. The SMILES string of the molecule is COCP(=O)(N[C@@H](C)C(=O)OCc1ccccc1)Oc1ccc2c3c1O[C@H]1C(=O)CC[C@@]4(O)[C@@H](C2)N(CC2CC2)CC314. The number of Topliss-reactive ketones (excluding diaryl/α,β-unsaturated/α-hetero) is 1. The van der Waals surface area contributed by atoms with Gasteiger partial charge in [0.25, 0.3) is 0 Å². The Morgan fingerprint density at radius 3 is 2.76 bits per heavy atom. The molecule has 5 aliphatic rings. The first-order chi connectivity index (χ1) is 20.2. The summed E-state index contributed by atoms with van der Waals surface area (Å²) < 4.78 is 37.3. The molecule has 1 spiro atoms. The molecule has 2 aromatic carbocycles. The molecule has 2 aliphatic heterocycles. The molecule has 224 valence electrons. The van der Waals surface area contributed by atoms with E-state index in [2.05, 4.69) is 9.99 Å². The smallest absolute Gasteiger partial charge is 0.342 e. The second kappa shape index (κ2) is 10.2. The van der Waals surface area contributed by atoms with Crippen molar-refractivity contribution in [1.82, 2.24) is 9.99 Å². The first kappa shape index (κ1) is 28.0. The van der Waals surface area contributed by atoms with Gasteiger partial charge in [-0.25, -0.2) is 5.09 Å². The van der Waals surface area contributed by atoms with Crippen LogP contribution in [0.3, 0.4) is 0 Å². The van der Waals surface area contributed by atoms with Gasteiger partial charge in [0.05, 0.1) is 11.0 Å². The number of rotatable bonds is 11. The number of nitrogens with one attached hydrogen (secondary N) is 1. The first-order valence-corrected chi connectivity index (χ1v) is 16.6. The lowest BCUT2D eigenvalue weighted by molar-refractivity contribution is -0.147. The van der Waals surface area contributed by atoms with Crippen LogP contribution in [0, 0.1) is 5.92 Å². The van der Waals surface area contributed by atoms with Crippen molar-refractivity contribution in [2.24, 2.45) is 5.92 Å². The number of methoxy groups -OCH3 is 1. The summed E-state index contributed by atoms with van der Waals surface area (Å²) in [6, 6.07) is 11.9. The van der Waals surface area contributed by atoms with Gasteiger partial charge in [0.1, 0.15) is 19.0 Å². The fourth-order valence-corrected chi connectivity index (χ4v) is 9.38. The molecule has 3 fully saturated rings. The van der Waals surface area contributed by atoms with Crippen LogP contribution in [0.4, 0.5) is 0 Å². The molecule has 42 heavy (non-hydrogen) atoms. The topological polar surface area (TPSA) is 124 Å². The highest BCUT2D eigenvalue weighted by atomic mass is 31.2. The van der Waals surface area contributed by atoms with Crippen molar-refractivity contribution in [2.75, 3.05) is 26.5 Å². The summed E-state index contributed by atoms with van der Waals surface area (Å²) in [5.41, 5.74) is 0.674. The van der Waals surface area contributed by atoms with Crippen molar-refractivity contribution in [3.63, 3.8) is 0 Å². The van der Waals surface area contributed by atoms with E-state index in [9.17, 15) is 19.3 Å². The van der Waals surface area contributed by atoms with Gasteiger partial charge in [-0.2, -0.15) is 0 Å². The highest BCUT2D eigenvalue weighted by molar-refractivity contribution is 7.57. The van der Waals surface area contributed by atoms with Crippen LogP contribution in [-0.4, -0.2) is 72.1 Å². The number of hydrogen-bond donors (Lipinski definition) is 2. The molecule has 10 nitrogen and oxygen atoms in total. The van der Waals surface area contributed by atoms with Crippen LogP contribution < -0.4 is 14.3 Å². The Balaban J connectivity index is 1.17. The Hall–Kier alpha value is -2.75. The van der Waals surface area contributed by atoms with E-state index in [0.717, 1.165) is 23.2 Å². The van der Waals surface area contributed by atoms with Crippen molar-refractivity contribution in [1.29, 1.82) is 0 Å². The number of carbonyl (C=O) groups is 2. The normalized spacial score (nSPS) is 31.2. The molecule has 0 radical (unpaired) electrons. The van der Waals surface area contributed by atoms with Gasteiger partial charge < -0.3 is 23.8 Å². The average molecular weight is 597 g/mol. The van der Waals surface area contributed by atoms with E-state index >= 15 is 0 Å².